The molecule has 208 valence electrons. The summed E-state index contributed by atoms with van der Waals surface area (Å²) in [5.41, 5.74) is 3.64. The van der Waals surface area contributed by atoms with E-state index < -0.39 is 22.4 Å². The quantitative estimate of drug-likeness (QED) is 0.227. The molecule has 3 N–H and O–H groups in total. The number of phenolic OH excluding ortho intramolecular Hbond substituents is 1. The van der Waals surface area contributed by atoms with Crippen LogP contribution in [-0.4, -0.2) is 36.1 Å². The van der Waals surface area contributed by atoms with Crippen molar-refractivity contribution in [1.82, 2.24) is 0 Å². The third kappa shape index (κ3) is 5.00. The van der Waals surface area contributed by atoms with Crippen molar-refractivity contribution >= 4 is 22.8 Å². The van der Waals surface area contributed by atoms with Crippen LogP contribution >= 0.6 is 0 Å². The zero-order chi connectivity index (χ0) is 28.4. The molecular formula is C30H31N3O7. The van der Waals surface area contributed by atoms with E-state index in [1.807, 2.05) is 49.4 Å². The zero-order valence-corrected chi connectivity index (χ0v) is 22.5. The molecule has 2 aliphatic rings. The van der Waals surface area contributed by atoms with Crippen LogP contribution in [0.15, 0.2) is 65.9 Å². The Morgan fingerprint density at radius 3 is 2.35 bits per heavy atom. The van der Waals surface area contributed by atoms with Gasteiger partial charge in [-0.2, -0.15) is 0 Å². The van der Waals surface area contributed by atoms with Crippen molar-refractivity contribution in [3.63, 3.8) is 0 Å². The van der Waals surface area contributed by atoms with Crippen molar-refractivity contribution in [3.8, 4) is 23.0 Å². The number of ether oxygens (including phenoxy) is 3. The number of phenols is 1. The van der Waals surface area contributed by atoms with E-state index in [9.17, 15) is 20.0 Å². The summed E-state index contributed by atoms with van der Waals surface area (Å²) in [5.74, 6) is 0.471. The molecule has 0 unspecified atom stereocenters. The molecule has 0 radical (unpaired) electrons. The lowest BCUT2D eigenvalue weighted by Crippen LogP contribution is -2.27. The summed E-state index contributed by atoms with van der Waals surface area (Å²) >= 11 is 0. The van der Waals surface area contributed by atoms with Gasteiger partial charge in [-0.05, 0) is 67.6 Å². The Morgan fingerprint density at radius 1 is 0.950 bits per heavy atom. The van der Waals surface area contributed by atoms with Gasteiger partial charge in [-0.1, -0.05) is 18.2 Å². The van der Waals surface area contributed by atoms with Crippen molar-refractivity contribution < 1.29 is 29.0 Å². The zero-order valence-electron chi connectivity index (χ0n) is 22.5. The number of carbonyl (C=O) groups is 1. The maximum atomic E-state index is 13.9. The van der Waals surface area contributed by atoms with Gasteiger partial charge in [0.1, 0.15) is 0 Å². The molecule has 3 aromatic carbocycles. The number of benzene rings is 3. The Labute approximate surface area is 231 Å². The molecule has 0 spiro atoms. The Balaban J connectivity index is 1.62. The molecule has 1 aliphatic carbocycles. The van der Waals surface area contributed by atoms with E-state index in [0.717, 1.165) is 22.6 Å². The molecule has 10 nitrogen and oxygen atoms in total. The molecule has 0 aromatic heterocycles. The smallest absolute Gasteiger partial charge is 0.315 e. The Bertz CT molecular complexity index is 1500. The molecule has 0 saturated carbocycles. The molecule has 10 heteroatoms. The van der Waals surface area contributed by atoms with Crippen molar-refractivity contribution in [1.29, 1.82) is 0 Å². The van der Waals surface area contributed by atoms with Crippen molar-refractivity contribution in [2.45, 2.75) is 38.6 Å². The molecule has 0 bridgehead atoms. The lowest BCUT2D eigenvalue weighted by atomic mass is 9.78. The molecule has 0 amide bonds. The maximum Gasteiger partial charge on any atom is 0.315 e. The van der Waals surface area contributed by atoms with E-state index in [2.05, 4.69) is 10.6 Å². The third-order valence-corrected chi connectivity index (χ3v) is 7.17. The minimum absolute atomic E-state index is 0.0104. The van der Waals surface area contributed by atoms with E-state index in [0.29, 0.717) is 35.7 Å². The fourth-order valence-corrected chi connectivity index (χ4v) is 5.38. The van der Waals surface area contributed by atoms with E-state index in [1.165, 1.54) is 6.07 Å². The van der Waals surface area contributed by atoms with Crippen LogP contribution in [0.4, 0.5) is 17.1 Å². The number of nitrogens with zero attached hydrogens (tertiary/aromatic N) is 1. The third-order valence-electron chi connectivity index (χ3n) is 7.17. The molecular weight excluding hydrogens is 514 g/mol. The number of methoxy groups -OCH3 is 1. The van der Waals surface area contributed by atoms with Gasteiger partial charge < -0.3 is 30.0 Å². The minimum atomic E-state index is -0.715. The second-order valence-electron chi connectivity index (χ2n) is 9.59. The Kier molecular flexibility index (Phi) is 7.50. The first-order chi connectivity index (χ1) is 19.3. The van der Waals surface area contributed by atoms with Crippen molar-refractivity contribution in [2.75, 3.05) is 31.0 Å². The standard InChI is InChI=1S/C30H31N3O7/c1-4-39-25-11-10-17(15-26(25)38-3)18-12-22-28(24(34)14-18)29(32-21-9-7-6-8-20(21)31-22)19-13-23(33(36)37)30(35)27(16-19)40-5-2/h6-11,13,15-16,18,29,31-32,35H,4-5,12,14H2,1-3H3/t18-,29-/m0/s1. The first kappa shape index (κ1) is 26.9. The highest BCUT2D eigenvalue weighted by Crippen LogP contribution is 2.47. The summed E-state index contributed by atoms with van der Waals surface area (Å²) in [5, 5.41) is 29.2. The van der Waals surface area contributed by atoms with Gasteiger partial charge in [-0.15, -0.1) is 0 Å². The van der Waals surface area contributed by atoms with Crippen LogP contribution < -0.4 is 24.8 Å². The number of rotatable bonds is 8. The van der Waals surface area contributed by atoms with Gasteiger partial charge in [-0.3, -0.25) is 14.9 Å². The van der Waals surface area contributed by atoms with Gasteiger partial charge in [-0.25, -0.2) is 0 Å². The molecule has 0 fully saturated rings. The number of Topliss-reactive ketones (excluding diaryl/α,β-unsaturated/α-hetero) is 1. The summed E-state index contributed by atoms with van der Waals surface area (Å²) in [6.07, 6.45) is 0.772. The number of nitro benzene ring substituents is 1. The lowest BCUT2D eigenvalue weighted by Gasteiger charge is -2.30. The number of nitro groups is 1. The maximum absolute atomic E-state index is 13.9. The highest BCUT2D eigenvalue weighted by Gasteiger charge is 2.37. The first-order valence-corrected chi connectivity index (χ1v) is 13.2. The van der Waals surface area contributed by atoms with Crippen LogP contribution in [0.5, 0.6) is 23.0 Å². The Hall–Kier alpha value is -4.73. The van der Waals surface area contributed by atoms with E-state index >= 15 is 0 Å². The highest BCUT2D eigenvalue weighted by molar-refractivity contribution is 6.01. The average Bonchev–Trinajstić information content (AvgIpc) is 3.11. The summed E-state index contributed by atoms with van der Waals surface area (Å²) in [6.45, 7) is 4.34. The van der Waals surface area contributed by atoms with Crippen LogP contribution in [0.25, 0.3) is 0 Å². The number of carbonyl (C=O) groups excluding carboxylic acids is 1. The molecule has 1 heterocycles. The topological polar surface area (TPSA) is 132 Å². The number of hydrogen-bond donors (Lipinski definition) is 3. The molecule has 5 rings (SSSR count). The summed E-state index contributed by atoms with van der Waals surface area (Å²) in [7, 11) is 1.59. The fourth-order valence-electron chi connectivity index (χ4n) is 5.38. The van der Waals surface area contributed by atoms with Gasteiger partial charge in [0.25, 0.3) is 0 Å². The van der Waals surface area contributed by atoms with Gasteiger partial charge in [0.15, 0.2) is 23.0 Å². The number of aromatic hydroxyl groups is 1. The average molecular weight is 546 g/mol. The van der Waals surface area contributed by atoms with Crippen LogP contribution in [0.3, 0.4) is 0 Å². The number of anilines is 2. The largest absolute Gasteiger partial charge is 0.500 e. The van der Waals surface area contributed by atoms with Crippen LogP contribution in [0, 0.1) is 10.1 Å². The van der Waals surface area contributed by atoms with Crippen molar-refractivity contribution in [3.05, 3.63) is 87.1 Å². The number of fused-ring (bicyclic) bond motifs is 1. The predicted octanol–water partition coefficient (Wildman–Crippen LogP) is 6.09. The SMILES string of the molecule is CCOc1ccc([C@@H]2CC(=O)C3=C(C2)Nc2ccccc2N[C@H]3c2cc(OCC)c(O)c([N+](=O)[O-])c2)cc1OC. The van der Waals surface area contributed by atoms with E-state index in [-0.39, 0.29) is 30.5 Å². The lowest BCUT2D eigenvalue weighted by molar-refractivity contribution is -0.386. The highest BCUT2D eigenvalue weighted by atomic mass is 16.6. The predicted molar refractivity (Wildman–Crippen MR) is 151 cm³/mol. The van der Waals surface area contributed by atoms with Gasteiger partial charge in [0.2, 0.25) is 5.75 Å². The van der Waals surface area contributed by atoms with Gasteiger partial charge >= 0.3 is 5.69 Å². The summed E-state index contributed by atoms with van der Waals surface area (Å²) in [4.78, 5) is 25.1. The van der Waals surface area contributed by atoms with Crippen LogP contribution in [0.2, 0.25) is 0 Å². The number of hydrogen-bond acceptors (Lipinski definition) is 9. The molecule has 1 aliphatic heterocycles. The summed E-state index contributed by atoms with van der Waals surface area (Å²) in [6, 6.07) is 15.4. The van der Waals surface area contributed by atoms with E-state index in [1.54, 1.807) is 20.1 Å². The van der Waals surface area contributed by atoms with Gasteiger partial charge in [0, 0.05) is 23.8 Å². The number of ketones is 1. The van der Waals surface area contributed by atoms with E-state index in [4.69, 9.17) is 14.2 Å². The summed E-state index contributed by atoms with van der Waals surface area (Å²) < 4.78 is 16.7. The normalized spacial score (nSPS) is 18.0. The molecule has 40 heavy (non-hydrogen) atoms. The van der Waals surface area contributed by atoms with Crippen LogP contribution in [0.1, 0.15) is 49.8 Å². The van der Waals surface area contributed by atoms with Gasteiger partial charge in [0.05, 0.1) is 42.7 Å². The second kappa shape index (κ2) is 11.2. The molecule has 0 saturated heterocycles. The molecule has 3 aromatic rings. The van der Waals surface area contributed by atoms with Crippen LogP contribution in [-0.2, 0) is 4.79 Å². The molecule has 2 atom stereocenters. The minimum Gasteiger partial charge on any atom is -0.500 e. The second-order valence-corrected chi connectivity index (χ2v) is 9.59. The number of allylic oxidation sites excluding steroid dienone is 1. The number of para-hydroxylation sites is 2. The Morgan fingerprint density at radius 2 is 1.65 bits per heavy atom. The fraction of sp³-hybridized carbons (Fsp3) is 0.300. The monoisotopic (exact) mass is 545 g/mol. The number of nitrogens with one attached hydrogen (secondary N) is 2. The first-order valence-electron chi connectivity index (χ1n) is 13.2. The van der Waals surface area contributed by atoms with Crippen molar-refractivity contribution in [2.24, 2.45) is 0 Å².